The highest BCUT2D eigenvalue weighted by Crippen LogP contribution is 2.45. The van der Waals surface area contributed by atoms with E-state index in [1.54, 1.807) is 13.0 Å². The number of aliphatic hydroxyl groups excluding tert-OH is 1. The Morgan fingerprint density at radius 2 is 2.12 bits per heavy atom. The molecule has 0 aliphatic carbocycles. The van der Waals surface area contributed by atoms with E-state index in [9.17, 15) is 9.90 Å². The van der Waals surface area contributed by atoms with E-state index in [1.165, 1.54) is 4.68 Å². The van der Waals surface area contributed by atoms with Gasteiger partial charge in [0.25, 0.3) is 5.91 Å². The topological polar surface area (TPSA) is 113 Å². The molecule has 1 aromatic carbocycles. The van der Waals surface area contributed by atoms with E-state index in [-0.39, 0.29) is 30.5 Å². The number of nitrogens with two attached hydrogens (primary N) is 1. The average molecular weight is 330 g/mol. The van der Waals surface area contributed by atoms with Gasteiger partial charge in [-0.1, -0.05) is 19.9 Å². The molecule has 7 heteroatoms. The molecule has 1 aliphatic heterocycles. The van der Waals surface area contributed by atoms with E-state index in [0.717, 1.165) is 5.56 Å². The third kappa shape index (κ3) is 2.20. The molecule has 128 valence electrons. The lowest BCUT2D eigenvalue weighted by Crippen LogP contribution is -2.36. The Balaban J connectivity index is 2.22. The summed E-state index contributed by atoms with van der Waals surface area (Å²) in [6.07, 6.45) is 0. The maximum Gasteiger partial charge on any atom is 0.266 e. The number of carbonyl (C=O) groups is 1. The summed E-state index contributed by atoms with van der Waals surface area (Å²) in [6, 6.07) is 5.56. The number of aliphatic hydroxyl groups is 2. The highest BCUT2D eigenvalue weighted by Gasteiger charge is 2.50. The molecule has 2 aromatic rings. The highest BCUT2D eigenvalue weighted by atomic mass is 16.3. The minimum Gasteiger partial charge on any atom is -0.394 e. The van der Waals surface area contributed by atoms with Crippen LogP contribution in [0.5, 0.6) is 0 Å². The van der Waals surface area contributed by atoms with E-state index in [4.69, 9.17) is 10.8 Å². The Morgan fingerprint density at radius 3 is 2.75 bits per heavy atom. The second-order valence-corrected chi connectivity index (χ2v) is 6.42. The zero-order valence-electron chi connectivity index (χ0n) is 14.0. The molecule has 0 bridgehead atoms. The van der Waals surface area contributed by atoms with Crippen molar-refractivity contribution in [1.82, 2.24) is 9.78 Å². The first-order valence-electron chi connectivity index (χ1n) is 7.93. The SMILES string of the molecule is Cc1nn(CCO)c(N)c1[C@]1(O)C(=O)Nc2ccc(C(C)C)cc21. The quantitative estimate of drug-likeness (QED) is 0.670. The van der Waals surface area contributed by atoms with Crippen LogP contribution in [0.4, 0.5) is 11.5 Å². The molecule has 1 atom stereocenters. The normalized spacial score (nSPS) is 19.7. The van der Waals surface area contributed by atoms with Crippen molar-refractivity contribution in [2.24, 2.45) is 0 Å². The molecular weight excluding hydrogens is 308 g/mol. The molecule has 0 radical (unpaired) electrons. The molecule has 5 N–H and O–H groups in total. The predicted molar refractivity (Wildman–Crippen MR) is 90.6 cm³/mol. The summed E-state index contributed by atoms with van der Waals surface area (Å²) in [4.78, 5) is 12.6. The number of hydrogen-bond acceptors (Lipinski definition) is 5. The molecule has 24 heavy (non-hydrogen) atoms. The molecule has 2 heterocycles. The Bertz CT molecular complexity index is 812. The van der Waals surface area contributed by atoms with Crippen LogP contribution in [0.1, 0.15) is 42.1 Å². The van der Waals surface area contributed by atoms with E-state index in [1.807, 2.05) is 26.0 Å². The summed E-state index contributed by atoms with van der Waals surface area (Å²) in [6.45, 7) is 5.84. The molecule has 1 aliphatic rings. The number of aromatic nitrogens is 2. The summed E-state index contributed by atoms with van der Waals surface area (Å²) in [5, 5.41) is 27.4. The predicted octanol–water partition coefficient (Wildman–Crippen LogP) is 1.08. The molecule has 3 rings (SSSR count). The van der Waals surface area contributed by atoms with Crippen LogP contribution < -0.4 is 11.1 Å². The second-order valence-electron chi connectivity index (χ2n) is 6.42. The Kier molecular flexibility index (Phi) is 3.85. The molecule has 0 fully saturated rings. The minimum absolute atomic E-state index is 0.135. The fourth-order valence-corrected chi connectivity index (χ4v) is 3.22. The molecule has 1 amide bonds. The van der Waals surface area contributed by atoms with Gasteiger partial charge in [0.1, 0.15) is 5.82 Å². The van der Waals surface area contributed by atoms with Crippen LogP contribution in [-0.2, 0) is 16.9 Å². The average Bonchev–Trinajstić information content (AvgIpc) is 2.94. The second kappa shape index (κ2) is 5.61. The summed E-state index contributed by atoms with van der Waals surface area (Å²) in [5.41, 5.74) is 7.04. The van der Waals surface area contributed by atoms with Gasteiger partial charge in [0.15, 0.2) is 0 Å². The van der Waals surface area contributed by atoms with E-state index >= 15 is 0 Å². The van der Waals surface area contributed by atoms with Crippen molar-refractivity contribution in [3.63, 3.8) is 0 Å². The van der Waals surface area contributed by atoms with Crippen LogP contribution in [0.15, 0.2) is 18.2 Å². The van der Waals surface area contributed by atoms with Crippen molar-refractivity contribution in [2.75, 3.05) is 17.7 Å². The number of rotatable bonds is 4. The van der Waals surface area contributed by atoms with Gasteiger partial charge in [0, 0.05) is 11.3 Å². The van der Waals surface area contributed by atoms with Gasteiger partial charge in [-0.2, -0.15) is 5.10 Å². The maximum absolute atomic E-state index is 12.6. The van der Waals surface area contributed by atoms with Gasteiger partial charge in [-0.15, -0.1) is 0 Å². The first kappa shape index (κ1) is 16.5. The van der Waals surface area contributed by atoms with Crippen molar-refractivity contribution in [3.8, 4) is 0 Å². The summed E-state index contributed by atoms with van der Waals surface area (Å²) in [7, 11) is 0. The number of amides is 1. The molecule has 0 spiro atoms. The number of nitrogens with one attached hydrogen (secondary N) is 1. The van der Waals surface area contributed by atoms with Crippen molar-refractivity contribution >= 4 is 17.4 Å². The number of aryl methyl sites for hydroxylation is 1. The highest BCUT2D eigenvalue weighted by molar-refractivity contribution is 6.08. The maximum atomic E-state index is 12.6. The van der Waals surface area contributed by atoms with Gasteiger partial charge in [0.2, 0.25) is 5.60 Å². The third-order valence-electron chi connectivity index (χ3n) is 4.52. The van der Waals surface area contributed by atoms with Crippen LogP contribution in [0.25, 0.3) is 0 Å². The third-order valence-corrected chi connectivity index (χ3v) is 4.52. The lowest BCUT2D eigenvalue weighted by atomic mass is 9.85. The number of carbonyl (C=O) groups excluding carboxylic acids is 1. The van der Waals surface area contributed by atoms with E-state index < -0.39 is 11.5 Å². The lowest BCUT2D eigenvalue weighted by molar-refractivity contribution is -0.129. The molecule has 1 aromatic heterocycles. The first-order chi connectivity index (χ1) is 11.3. The Hall–Kier alpha value is -2.38. The van der Waals surface area contributed by atoms with Gasteiger partial charge in [0.05, 0.1) is 24.4 Å². The number of nitrogen functional groups attached to an aromatic ring is 1. The number of hydrogen-bond donors (Lipinski definition) is 4. The van der Waals surface area contributed by atoms with Crippen LogP contribution in [0.3, 0.4) is 0 Å². The molecule has 7 nitrogen and oxygen atoms in total. The molecule has 0 unspecified atom stereocenters. The van der Waals surface area contributed by atoms with Crippen LogP contribution in [0, 0.1) is 6.92 Å². The van der Waals surface area contributed by atoms with Gasteiger partial charge >= 0.3 is 0 Å². The fraction of sp³-hybridized carbons (Fsp3) is 0.412. The standard InChI is InChI=1S/C17H22N4O3/c1-9(2)11-4-5-13-12(8-11)17(24,16(23)19-13)14-10(3)20-21(6-7-22)15(14)18/h4-5,8-9,22,24H,6-7,18H2,1-3H3,(H,19,23)/t17-/m0/s1. The van der Waals surface area contributed by atoms with Crippen LogP contribution in [-0.4, -0.2) is 32.5 Å². The Morgan fingerprint density at radius 1 is 1.42 bits per heavy atom. The lowest BCUT2D eigenvalue weighted by Gasteiger charge is -2.22. The van der Waals surface area contributed by atoms with Gasteiger partial charge in [-0.25, -0.2) is 4.68 Å². The van der Waals surface area contributed by atoms with Crippen molar-refractivity contribution in [2.45, 2.75) is 38.8 Å². The zero-order chi connectivity index (χ0) is 17.6. The molecule has 0 saturated carbocycles. The fourth-order valence-electron chi connectivity index (χ4n) is 3.22. The van der Waals surface area contributed by atoms with Crippen molar-refractivity contribution < 1.29 is 15.0 Å². The largest absolute Gasteiger partial charge is 0.394 e. The van der Waals surface area contributed by atoms with Crippen LogP contribution >= 0.6 is 0 Å². The molecule has 0 saturated heterocycles. The minimum atomic E-state index is -1.89. The zero-order valence-corrected chi connectivity index (χ0v) is 14.0. The Labute approximate surface area is 140 Å². The monoisotopic (exact) mass is 330 g/mol. The molecular formula is C17H22N4O3. The van der Waals surface area contributed by atoms with Gasteiger partial charge < -0.3 is 21.3 Å². The number of benzene rings is 1. The number of anilines is 2. The van der Waals surface area contributed by atoms with Crippen molar-refractivity contribution in [1.29, 1.82) is 0 Å². The first-order valence-corrected chi connectivity index (χ1v) is 7.93. The summed E-state index contributed by atoms with van der Waals surface area (Å²) >= 11 is 0. The number of fused-ring (bicyclic) bond motifs is 1. The smallest absolute Gasteiger partial charge is 0.266 e. The van der Waals surface area contributed by atoms with Gasteiger partial charge in [-0.05, 0) is 30.5 Å². The van der Waals surface area contributed by atoms with E-state index in [2.05, 4.69) is 10.4 Å². The number of nitrogens with zero attached hydrogens (tertiary/aromatic N) is 2. The van der Waals surface area contributed by atoms with Gasteiger partial charge in [-0.3, -0.25) is 4.79 Å². The van der Waals surface area contributed by atoms with E-state index in [0.29, 0.717) is 16.9 Å². The van der Waals surface area contributed by atoms with Crippen LogP contribution in [0.2, 0.25) is 0 Å². The van der Waals surface area contributed by atoms with Crippen molar-refractivity contribution in [3.05, 3.63) is 40.6 Å². The summed E-state index contributed by atoms with van der Waals surface area (Å²) < 4.78 is 1.40. The summed E-state index contributed by atoms with van der Waals surface area (Å²) in [5.74, 6) is -0.107.